The van der Waals surface area contributed by atoms with Crippen molar-refractivity contribution >= 4 is 11.8 Å². The van der Waals surface area contributed by atoms with Crippen LogP contribution in [0.3, 0.4) is 0 Å². The fraction of sp³-hybridized carbons (Fsp3) is 0.500. The van der Waals surface area contributed by atoms with E-state index in [9.17, 15) is 9.59 Å². The predicted molar refractivity (Wildman–Crippen MR) is 41.2 cm³/mol. The van der Waals surface area contributed by atoms with E-state index in [1.54, 1.807) is 19.1 Å². The Morgan fingerprint density at radius 3 is 2.36 bits per heavy atom. The largest absolute Gasteiger partial charge is 0.481 e. The number of hydrogen-bond acceptors (Lipinski definition) is 2. The lowest BCUT2D eigenvalue weighted by molar-refractivity contribution is -0.139. The molecule has 1 N–H and O–H groups in total. The lowest BCUT2D eigenvalue weighted by Gasteiger charge is -2.03. The number of carboxylic acid groups (broad SMARTS) is 1. The van der Waals surface area contributed by atoms with Crippen molar-refractivity contribution in [2.75, 3.05) is 0 Å². The molecule has 62 valence electrons. The molecular weight excluding hydrogens is 144 g/mol. The molecule has 1 atom stereocenters. The number of allylic oxidation sites excluding steroid dienone is 2. The van der Waals surface area contributed by atoms with E-state index in [2.05, 4.69) is 0 Å². The van der Waals surface area contributed by atoms with E-state index in [1.165, 1.54) is 6.92 Å². The molecule has 0 aromatic carbocycles. The highest BCUT2D eigenvalue weighted by molar-refractivity contribution is 5.84. The number of carbonyl (C=O) groups excluding carboxylic acids is 1. The van der Waals surface area contributed by atoms with Gasteiger partial charge in [0.1, 0.15) is 5.78 Å². The lowest BCUT2D eigenvalue weighted by Crippen LogP contribution is -2.12. The Hall–Kier alpha value is -1.12. The summed E-state index contributed by atoms with van der Waals surface area (Å²) >= 11 is 0. The first-order chi connectivity index (χ1) is 5.07. The summed E-state index contributed by atoms with van der Waals surface area (Å²) in [5, 5.41) is 8.37. The zero-order valence-electron chi connectivity index (χ0n) is 6.70. The number of Topliss-reactive ketones (excluding diaryl/α,β-unsaturated/α-hetero) is 1. The van der Waals surface area contributed by atoms with Gasteiger partial charge in [0, 0.05) is 5.92 Å². The third-order valence-electron chi connectivity index (χ3n) is 1.34. The number of carboxylic acids is 1. The number of rotatable bonds is 4. The minimum Gasteiger partial charge on any atom is -0.481 e. The van der Waals surface area contributed by atoms with Crippen LogP contribution in [0.15, 0.2) is 12.2 Å². The van der Waals surface area contributed by atoms with Crippen LogP contribution in [-0.4, -0.2) is 16.9 Å². The second-order valence-electron chi connectivity index (χ2n) is 2.34. The summed E-state index contributed by atoms with van der Waals surface area (Å²) < 4.78 is 0. The van der Waals surface area contributed by atoms with Crippen molar-refractivity contribution in [3.05, 3.63) is 12.2 Å². The van der Waals surface area contributed by atoms with Gasteiger partial charge < -0.3 is 5.11 Å². The highest BCUT2D eigenvalue weighted by Crippen LogP contribution is 2.06. The summed E-state index contributed by atoms with van der Waals surface area (Å²) in [6.45, 7) is 3.16. The summed E-state index contributed by atoms with van der Waals surface area (Å²) in [6, 6.07) is 0. The smallest absolute Gasteiger partial charge is 0.304 e. The highest BCUT2D eigenvalue weighted by Gasteiger charge is 2.13. The van der Waals surface area contributed by atoms with Crippen LogP contribution in [0, 0.1) is 5.92 Å². The van der Waals surface area contributed by atoms with Crippen LogP contribution in [0.1, 0.15) is 20.3 Å². The maximum Gasteiger partial charge on any atom is 0.304 e. The molecule has 0 saturated carbocycles. The third-order valence-corrected chi connectivity index (χ3v) is 1.34. The Morgan fingerprint density at radius 1 is 1.55 bits per heavy atom. The summed E-state index contributed by atoms with van der Waals surface area (Å²) in [4.78, 5) is 21.0. The van der Waals surface area contributed by atoms with E-state index in [0.29, 0.717) is 0 Å². The number of hydrogen-bond donors (Lipinski definition) is 1. The zero-order chi connectivity index (χ0) is 8.85. The second kappa shape index (κ2) is 4.66. The Morgan fingerprint density at radius 2 is 2.09 bits per heavy atom. The first kappa shape index (κ1) is 9.88. The predicted octanol–water partition coefficient (Wildman–Crippen LogP) is 1.24. The molecule has 3 nitrogen and oxygen atoms in total. The van der Waals surface area contributed by atoms with Crippen LogP contribution in [-0.2, 0) is 9.59 Å². The fourth-order valence-corrected chi connectivity index (χ4v) is 0.768. The average Bonchev–Trinajstić information content (AvgIpc) is 1.86. The van der Waals surface area contributed by atoms with E-state index in [4.69, 9.17) is 5.11 Å². The molecule has 11 heavy (non-hydrogen) atoms. The van der Waals surface area contributed by atoms with Crippen molar-refractivity contribution in [3.63, 3.8) is 0 Å². The second-order valence-corrected chi connectivity index (χ2v) is 2.34. The van der Waals surface area contributed by atoms with Gasteiger partial charge in [-0.2, -0.15) is 0 Å². The van der Waals surface area contributed by atoms with Gasteiger partial charge in [-0.25, -0.2) is 0 Å². The standard InChI is InChI=1S/C8H12O3/c1-3-4-7(6(2)9)5-8(10)11/h3-4,7H,5H2,1-2H3,(H,10,11). The van der Waals surface area contributed by atoms with Crippen molar-refractivity contribution in [2.45, 2.75) is 20.3 Å². The molecule has 0 rings (SSSR count). The van der Waals surface area contributed by atoms with Gasteiger partial charge in [0.25, 0.3) is 0 Å². The van der Waals surface area contributed by atoms with Crippen molar-refractivity contribution < 1.29 is 14.7 Å². The number of aliphatic carboxylic acids is 1. The summed E-state index contributed by atoms with van der Waals surface area (Å²) in [7, 11) is 0. The fourth-order valence-electron chi connectivity index (χ4n) is 0.768. The molecule has 0 fully saturated rings. The Labute approximate surface area is 65.7 Å². The van der Waals surface area contributed by atoms with Gasteiger partial charge in [-0.05, 0) is 13.8 Å². The first-order valence-electron chi connectivity index (χ1n) is 3.43. The van der Waals surface area contributed by atoms with E-state index in [0.717, 1.165) is 0 Å². The van der Waals surface area contributed by atoms with Gasteiger partial charge in [0.15, 0.2) is 0 Å². The molecule has 0 aromatic heterocycles. The Balaban J connectivity index is 4.11. The van der Waals surface area contributed by atoms with E-state index in [1.807, 2.05) is 0 Å². The molecule has 0 bridgehead atoms. The number of ketones is 1. The van der Waals surface area contributed by atoms with Crippen molar-refractivity contribution in [1.82, 2.24) is 0 Å². The van der Waals surface area contributed by atoms with Gasteiger partial charge in [-0.15, -0.1) is 0 Å². The molecule has 0 aliphatic carbocycles. The van der Waals surface area contributed by atoms with Crippen LogP contribution in [0.2, 0.25) is 0 Å². The molecule has 3 heteroatoms. The van der Waals surface area contributed by atoms with Crippen LogP contribution in [0.4, 0.5) is 0 Å². The van der Waals surface area contributed by atoms with Crippen LogP contribution < -0.4 is 0 Å². The van der Waals surface area contributed by atoms with Gasteiger partial charge in [0.2, 0.25) is 0 Å². The van der Waals surface area contributed by atoms with E-state index < -0.39 is 11.9 Å². The van der Waals surface area contributed by atoms with E-state index in [-0.39, 0.29) is 12.2 Å². The minimum absolute atomic E-state index is 0.106. The summed E-state index contributed by atoms with van der Waals surface area (Å²) in [5.41, 5.74) is 0. The maximum atomic E-state index is 10.8. The van der Waals surface area contributed by atoms with E-state index >= 15 is 0 Å². The zero-order valence-corrected chi connectivity index (χ0v) is 6.70. The van der Waals surface area contributed by atoms with Crippen molar-refractivity contribution in [3.8, 4) is 0 Å². The van der Waals surface area contributed by atoms with Gasteiger partial charge >= 0.3 is 5.97 Å². The summed E-state index contributed by atoms with van der Waals surface area (Å²) in [5.74, 6) is -1.51. The Bertz CT molecular complexity index is 182. The first-order valence-corrected chi connectivity index (χ1v) is 3.43. The molecule has 0 amide bonds. The van der Waals surface area contributed by atoms with Crippen LogP contribution in [0.5, 0.6) is 0 Å². The molecule has 0 heterocycles. The monoisotopic (exact) mass is 156 g/mol. The van der Waals surface area contributed by atoms with Gasteiger partial charge in [-0.3, -0.25) is 9.59 Å². The quantitative estimate of drug-likeness (QED) is 0.623. The molecule has 0 aromatic rings. The molecule has 0 aliphatic heterocycles. The van der Waals surface area contributed by atoms with Crippen LogP contribution in [0.25, 0.3) is 0 Å². The Kier molecular flexibility index (Phi) is 4.18. The van der Waals surface area contributed by atoms with Crippen LogP contribution >= 0.6 is 0 Å². The minimum atomic E-state index is -0.941. The van der Waals surface area contributed by atoms with Crippen molar-refractivity contribution in [2.24, 2.45) is 5.92 Å². The normalized spacial score (nSPS) is 13.3. The van der Waals surface area contributed by atoms with Gasteiger partial charge in [-0.1, -0.05) is 12.2 Å². The molecule has 0 radical (unpaired) electrons. The molecule has 0 spiro atoms. The molecule has 0 saturated heterocycles. The molecule has 1 unspecified atom stereocenters. The molecular formula is C8H12O3. The summed E-state index contributed by atoms with van der Waals surface area (Å²) in [6.07, 6.45) is 3.19. The number of carbonyl (C=O) groups is 2. The third kappa shape index (κ3) is 4.31. The highest BCUT2D eigenvalue weighted by atomic mass is 16.4. The average molecular weight is 156 g/mol. The topological polar surface area (TPSA) is 54.4 Å². The SMILES string of the molecule is CC=CC(CC(=O)O)C(C)=O. The lowest BCUT2D eigenvalue weighted by atomic mass is 10.0. The molecule has 0 aliphatic rings. The van der Waals surface area contributed by atoms with Crippen molar-refractivity contribution in [1.29, 1.82) is 0 Å². The maximum absolute atomic E-state index is 10.8. The van der Waals surface area contributed by atoms with Gasteiger partial charge in [0.05, 0.1) is 6.42 Å².